The normalized spacial score (nSPS) is 10.2. The quantitative estimate of drug-likeness (QED) is 0.785. The van der Waals surface area contributed by atoms with Crippen LogP contribution in [0, 0.1) is 0 Å². The summed E-state index contributed by atoms with van der Waals surface area (Å²) in [5.74, 6) is -1.44. The van der Waals surface area contributed by atoms with Crippen LogP contribution in [-0.4, -0.2) is 55.0 Å². The first kappa shape index (κ1) is 20.3. The molecule has 0 heterocycles. The Hall–Kier alpha value is -3.06. The molecular weight excluding hydrogens is 372 g/mol. The van der Waals surface area contributed by atoms with E-state index in [1.165, 1.54) is 19.1 Å². The van der Waals surface area contributed by atoms with Gasteiger partial charge in [0, 0.05) is 23.3 Å². The van der Waals surface area contributed by atoms with Crippen molar-refractivity contribution in [2.24, 2.45) is 0 Å². The highest BCUT2D eigenvalue weighted by atomic mass is 35.5. The van der Waals surface area contributed by atoms with Crippen LogP contribution < -0.4 is 9.64 Å². The molecule has 2 aromatic carbocycles. The summed E-state index contributed by atoms with van der Waals surface area (Å²) in [5.41, 5.74) is 0.830. The molecule has 0 bridgehead atoms. The molecule has 0 radical (unpaired) electrons. The Balaban J connectivity index is 2.32. The second-order valence-electron chi connectivity index (χ2n) is 5.74. The number of nitrogens with zero attached hydrogens (tertiary/aromatic N) is 2. The number of amides is 2. The van der Waals surface area contributed by atoms with Crippen LogP contribution in [0.15, 0.2) is 48.5 Å². The number of carboxylic acid groups (broad SMARTS) is 1. The molecule has 0 aliphatic carbocycles. The highest BCUT2D eigenvalue weighted by Gasteiger charge is 2.23. The van der Waals surface area contributed by atoms with Crippen molar-refractivity contribution in [3.63, 3.8) is 0 Å². The molecule has 8 heteroatoms. The molecule has 0 aliphatic rings. The first-order valence-corrected chi connectivity index (χ1v) is 8.37. The van der Waals surface area contributed by atoms with E-state index in [1.807, 2.05) is 0 Å². The molecule has 0 spiro atoms. The monoisotopic (exact) mass is 390 g/mol. The maximum Gasteiger partial charge on any atom is 0.323 e. The third kappa shape index (κ3) is 5.46. The zero-order chi connectivity index (χ0) is 20.0. The Labute approximate surface area is 161 Å². The zero-order valence-electron chi connectivity index (χ0n) is 14.9. The molecule has 2 rings (SSSR count). The van der Waals surface area contributed by atoms with Crippen molar-refractivity contribution in [2.45, 2.75) is 0 Å². The van der Waals surface area contributed by atoms with Crippen LogP contribution in [0.4, 0.5) is 5.69 Å². The van der Waals surface area contributed by atoms with E-state index in [2.05, 4.69) is 0 Å². The van der Waals surface area contributed by atoms with Crippen molar-refractivity contribution < 1.29 is 24.2 Å². The van der Waals surface area contributed by atoms with Crippen LogP contribution >= 0.6 is 11.6 Å². The molecule has 2 aromatic rings. The molecule has 0 saturated heterocycles. The van der Waals surface area contributed by atoms with Gasteiger partial charge in [-0.3, -0.25) is 19.3 Å². The maximum atomic E-state index is 13.0. The Bertz CT molecular complexity index is 821. The van der Waals surface area contributed by atoms with E-state index < -0.39 is 24.3 Å². The van der Waals surface area contributed by atoms with Crippen LogP contribution in [0.25, 0.3) is 0 Å². The molecule has 0 unspecified atom stereocenters. The van der Waals surface area contributed by atoms with Gasteiger partial charge < -0.3 is 14.7 Å². The predicted molar refractivity (Wildman–Crippen MR) is 101 cm³/mol. The summed E-state index contributed by atoms with van der Waals surface area (Å²) >= 11 is 5.87. The Morgan fingerprint density at radius 2 is 1.59 bits per heavy atom. The number of carbonyl (C=O) groups excluding carboxylic acids is 2. The molecule has 0 aromatic heterocycles. The van der Waals surface area contributed by atoms with Gasteiger partial charge in [0.15, 0.2) is 0 Å². The summed E-state index contributed by atoms with van der Waals surface area (Å²) in [6, 6.07) is 12.9. The summed E-state index contributed by atoms with van der Waals surface area (Å²) in [5, 5.41) is 9.34. The molecular formula is C19H19ClN2O5. The Morgan fingerprint density at radius 1 is 1.00 bits per heavy atom. The molecule has 0 saturated carbocycles. The first-order chi connectivity index (χ1) is 12.8. The Morgan fingerprint density at radius 3 is 2.11 bits per heavy atom. The first-order valence-electron chi connectivity index (χ1n) is 7.99. The van der Waals surface area contributed by atoms with Crippen LogP contribution in [0.1, 0.15) is 10.4 Å². The minimum Gasteiger partial charge on any atom is -0.497 e. The molecule has 142 valence electrons. The smallest absolute Gasteiger partial charge is 0.323 e. The summed E-state index contributed by atoms with van der Waals surface area (Å²) < 4.78 is 5.11. The lowest BCUT2D eigenvalue weighted by Gasteiger charge is -2.25. The minimum absolute atomic E-state index is 0.308. The van der Waals surface area contributed by atoms with Gasteiger partial charge in [-0.15, -0.1) is 0 Å². The maximum absolute atomic E-state index is 13.0. The van der Waals surface area contributed by atoms with E-state index in [4.69, 9.17) is 21.4 Å². The SMILES string of the molecule is COc1ccc(N(CC(=O)N(C)CC(=O)O)C(=O)c2ccc(Cl)cc2)cc1. The number of hydrogen-bond donors (Lipinski definition) is 1. The van der Waals surface area contributed by atoms with Crippen molar-refractivity contribution in [3.8, 4) is 5.75 Å². The van der Waals surface area contributed by atoms with Gasteiger partial charge in [-0.2, -0.15) is 0 Å². The largest absolute Gasteiger partial charge is 0.497 e. The van der Waals surface area contributed by atoms with Crippen LogP contribution in [0.2, 0.25) is 5.02 Å². The highest BCUT2D eigenvalue weighted by Crippen LogP contribution is 2.22. The van der Waals surface area contributed by atoms with Crippen molar-refractivity contribution in [1.82, 2.24) is 4.90 Å². The number of methoxy groups -OCH3 is 1. The number of halogens is 1. The van der Waals surface area contributed by atoms with Gasteiger partial charge in [-0.25, -0.2) is 0 Å². The molecule has 0 atom stereocenters. The number of rotatable bonds is 7. The fourth-order valence-electron chi connectivity index (χ4n) is 2.34. The number of carboxylic acids is 1. The number of aliphatic carboxylic acids is 1. The van der Waals surface area contributed by atoms with Crippen LogP contribution in [0.5, 0.6) is 5.75 Å². The molecule has 0 fully saturated rings. The van der Waals surface area contributed by atoms with Gasteiger partial charge in [0.05, 0.1) is 7.11 Å². The van der Waals surface area contributed by atoms with Crippen molar-refractivity contribution in [1.29, 1.82) is 0 Å². The second-order valence-corrected chi connectivity index (χ2v) is 6.18. The summed E-state index contributed by atoms with van der Waals surface area (Å²) in [6.07, 6.45) is 0. The van der Waals surface area contributed by atoms with Crippen molar-refractivity contribution in [3.05, 3.63) is 59.1 Å². The van der Waals surface area contributed by atoms with E-state index in [-0.39, 0.29) is 6.54 Å². The van der Waals surface area contributed by atoms with Crippen LogP contribution in [-0.2, 0) is 9.59 Å². The van der Waals surface area contributed by atoms with E-state index >= 15 is 0 Å². The standard InChI is InChI=1S/C19H19ClN2O5/c1-21(12-18(24)25)17(23)11-22(15-7-9-16(27-2)10-8-15)19(26)13-3-5-14(20)6-4-13/h3-10H,11-12H2,1-2H3,(H,24,25). The van der Waals surface area contributed by atoms with E-state index in [0.29, 0.717) is 22.0 Å². The summed E-state index contributed by atoms with van der Waals surface area (Å²) in [4.78, 5) is 38.5. The van der Waals surface area contributed by atoms with Gasteiger partial charge in [0.2, 0.25) is 5.91 Å². The van der Waals surface area contributed by atoms with Gasteiger partial charge in [0.25, 0.3) is 5.91 Å². The van der Waals surface area contributed by atoms with Gasteiger partial charge in [-0.1, -0.05) is 11.6 Å². The number of anilines is 1. The van der Waals surface area contributed by atoms with E-state index in [1.54, 1.807) is 48.5 Å². The molecule has 27 heavy (non-hydrogen) atoms. The summed E-state index contributed by atoms with van der Waals surface area (Å²) in [6.45, 7) is -0.762. The minimum atomic E-state index is -1.13. The number of likely N-dealkylation sites (N-methyl/N-ethyl adjacent to an activating group) is 1. The van der Waals surface area contributed by atoms with Crippen molar-refractivity contribution in [2.75, 3.05) is 32.1 Å². The molecule has 2 amide bonds. The van der Waals surface area contributed by atoms with Crippen molar-refractivity contribution >= 4 is 35.1 Å². The van der Waals surface area contributed by atoms with Gasteiger partial charge in [-0.05, 0) is 48.5 Å². The number of benzene rings is 2. The van der Waals surface area contributed by atoms with Gasteiger partial charge >= 0.3 is 5.97 Å². The zero-order valence-corrected chi connectivity index (χ0v) is 15.6. The predicted octanol–water partition coefficient (Wildman–Crippen LogP) is 2.54. The molecule has 7 nitrogen and oxygen atoms in total. The fraction of sp³-hybridized carbons (Fsp3) is 0.211. The topological polar surface area (TPSA) is 87.2 Å². The van der Waals surface area contributed by atoms with E-state index in [0.717, 1.165) is 4.90 Å². The average molecular weight is 391 g/mol. The summed E-state index contributed by atoms with van der Waals surface area (Å²) in [7, 11) is 2.89. The third-order valence-corrected chi connectivity index (χ3v) is 4.06. The lowest BCUT2D eigenvalue weighted by molar-refractivity contribution is -0.142. The number of carbonyl (C=O) groups is 3. The average Bonchev–Trinajstić information content (AvgIpc) is 2.65. The number of ether oxygens (including phenoxy) is 1. The van der Waals surface area contributed by atoms with Crippen LogP contribution in [0.3, 0.4) is 0 Å². The lowest BCUT2D eigenvalue weighted by atomic mass is 10.1. The second kappa shape index (κ2) is 9.05. The fourth-order valence-corrected chi connectivity index (χ4v) is 2.46. The molecule has 0 aliphatic heterocycles. The third-order valence-electron chi connectivity index (χ3n) is 3.81. The number of hydrogen-bond acceptors (Lipinski definition) is 4. The lowest BCUT2D eigenvalue weighted by Crippen LogP contribution is -2.43. The van der Waals surface area contributed by atoms with Gasteiger partial charge in [0.1, 0.15) is 18.8 Å². The highest BCUT2D eigenvalue weighted by molar-refractivity contribution is 6.30. The Kier molecular flexibility index (Phi) is 6.79. The molecule has 1 N–H and O–H groups in total. The van der Waals surface area contributed by atoms with E-state index in [9.17, 15) is 14.4 Å².